The summed E-state index contributed by atoms with van der Waals surface area (Å²) in [4.78, 5) is 15.9. The number of hydrogen-bond acceptors (Lipinski definition) is 7. The summed E-state index contributed by atoms with van der Waals surface area (Å²) in [5.74, 6) is -0.241. The highest BCUT2D eigenvalue weighted by atomic mass is 32.2. The van der Waals surface area contributed by atoms with Gasteiger partial charge in [0.15, 0.2) is 10.9 Å². The van der Waals surface area contributed by atoms with Crippen molar-refractivity contribution in [2.75, 3.05) is 4.72 Å². The Bertz CT molecular complexity index is 1170. The molecule has 28 heavy (non-hydrogen) atoms. The molecule has 0 bridgehead atoms. The molecule has 4 aromatic rings. The molecular weight excluding hydrogens is 404 g/mol. The zero-order chi connectivity index (χ0) is 19.7. The molecular formula is C18H12N2O6S2. The monoisotopic (exact) mass is 416 g/mol. The van der Waals surface area contributed by atoms with Gasteiger partial charge in [-0.25, -0.2) is 18.2 Å². The first-order valence-electron chi connectivity index (χ1n) is 7.89. The Morgan fingerprint density at radius 1 is 1.04 bits per heavy atom. The number of carbonyl (C=O) groups is 1. The van der Waals surface area contributed by atoms with Crippen molar-refractivity contribution in [1.82, 2.24) is 4.98 Å². The highest BCUT2D eigenvalue weighted by molar-refractivity contribution is 7.93. The van der Waals surface area contributed by atoms with Crippen LogP contribution in [0.5, 0.6) is 0 Å². The molecule has 0 saturated carbocycles. The largest absolute Gasteiger partial charge is 0.478 e. The lowest BCUT2D eigenvalue weighted by atomic mass is 10.2. The second-order valence-corrected chi connectivity index (χ2v) is 8.27. The van der Waals surface area contributed by atoms with Crippen LogP contribution < -0.4 is 4.72 Å². The summed E-state index contributed by atoms with van der Waals surface area (Å²) in [6.45, 7) is 0. The van der Waals surface area contributed by atoms with E-state index in [1.807, 2.05) is 0 Å². The van der Waals surface area contributed by atoms with Crippen molar-refractivity contribution in [2.24, 2.45) is 0 Å². The van der Waals surface area contributed by atoms with Gasteiger partial charge in [-0.2, -0.15) is 0 Å². The summed E-state index contributed by atoms with van der Waals surface area (Å²) in [5, 5.41) is 9.17. The fourth-order valence-corrected chi connectivity index (χ4v) is 4.71. The molecule has 4 rings (SSSR count). The molecule has 0 aliphatic heterocycles. The Kier molecular flexibility index (Phi) is 4.49. The van der Waals surface area contributed by atoms with Gasteiger partial charge >= 0.3 is 5.97 Å². The minimum absolute atomic E-state index is 0.0959. The van der Waals surface area contributed by atoms with E-state index in [1.54, 1.807) is 24.3 Å². The van der Waals surface area contributed by atoms with Crippen LogP contribution in [0.25, 0.3) is 22.1 Å². The smallest absolute Gasteiger partial charge is 0.335 e. The number of thiazole rings is 1. The molecule has 0 aliphatic rings. The number of furan rings is 2. The summed E-state index contributed by atoms with van der Waals surface area (Å²) in [5.41, 5.74) is 0.302. The third-order valence-corrected chi connectivity index (χ3v) is 6.19. The number of nitrogens with one attached hydrogen (secondary N) is 1. The lowest BCUT2D eigenvalue weighted by molar-refractivity contribution is 0.0696. The van der Waals surface area contributed by atoms with E-state index in [0.29, 0.717) is 22.1 Å². The highest BCUT2D eigenvalue weighted by Gasteiger charge is 2.23. The maximum atomic E-state index is 12.7. The fraction of sp³-hybridized carbons (Fsp3) is 0. The molecule has 0 radical (unpaired) electrons. The molecule has 8 nitrogen and oxygen atoms in total. The molecule has 0 aliphatic carbocycles. The number of anilines is 1. The van der Waals surface area contributed by atoms with E-state index in [9.17, 15) is 13.2 Å². The van der Waals surface area contributed by atoms with Gasteiger partial charge in [0, 0.05) is 0 Å². The van der Waals surface area contributed by atoms with Crippen molar-refractivity contribution < 1.29 is 27.2 Å². The molecule has 3 heterocycles. The average molecular weight is 416 g/mol. The molecule has 0 amide bonds. The molecule has 3 aromatic heterocycles. The Labute approximate surface area is 163 Å². The Hall–Kier alpha value is -3.37. The van der Waals surface area contributed by atoms with Crippen molar-refractivity contribution in [3.8, 4) is 22.1 Å². The van der Waals surface area contributed by atoms with E-state index in [2.05, 4.69) is 9.71 Å². The first-order chi connectivity index (χ1) is 13.4. The second-order valence-electron chi connectivity index (χ2n) is 5.59. The molecule has 0 unspecified atom stereocenters. The van der Waals surface area contributed by atoms with Crippen molar-refractivity contribution in [3.05, 3.63) is 66.6 Å². The quantitative estimate of drug-likeness (QED) is 0.484. The van der Waals surface area contributed by atoms with Gasteiger partial charge in [-0.1, -0.05) is 17.4 Å². The van der Waals surface area contributed by atoms with E-state index in [-0.39, 0.29) is 15.6 Å². The number of carboxylic acids is 1. The van der Waals surface area contributed by atoms with Gasteiger partial charge in [0.2, 0.25) is 0 Å². The van der Waals surface area contributed by atoms with Gasteiger partial charge < -0.3 is 13.9 Å². The standard InChI is InChI=1S/C18H12N2O6S2/c21-17(22)11-4-1-5-12(10-11)28(23,24)20-18-19-15(13-6-2-8-25-13)16(27-18)14-7-3-9-26-14/h1-10H,(H,19,20)(H,21,22). The van der Waals surface area contributed by atoms with Crippen LogP contribution in [0, 0.1) is 0 Å². The van der Waals surface area contributed by atoms with Gasteiger partial charge in [0.25, 0.3) is 10.0 Å². The number of carboxylic acid groups (broad SMARTS) is 1. The van der Waals surface area contributed by atoms with Crippen molar-refractivity contribution in [1.29, 1.82) is 0 Å². The van der Waals surface area contributed by atoms with E-state index in [1.165, 1.54) is 30.7 Å². The van der Waals surface area contributed by atoms with Gasteiger partial charge in [-0.3, -0.25) is 4.72 Å². The van der Waals surface area contributed by atoms with Gasteiger partial charge in [0.1, 0.15) is 16.3 Å². The Balaban J connectivity index is 1.73. The van der Waals surface area contributed by atoms with Gasteiger partial charge in [-0.15, -0.1) is 0 Å². The zero-order valence-corrected chi connectivity index (χ0v) is 15.7. The van der Waals surface area contributed by atoms with Crippen LogP contribution in [-0.4, -0.2) is 24.5 Å². The minimum atomic E-state index is -4.04. The third kappa shape index (κ3) is 3.42. The maximum Gasteiger partial charge on any atom is 0.335 e. The molecule has 1 aromatic carbocycles. The van der Waals surface area contributed by atoms with Crippen LogP contribution in [0.4, 0.5) is 5.13 Å². The highest BCUT2D eigenvalue weighted by Crippen LogP contribution is 2.40. The number of hydrogen-bond donors (Lipinski definition) is 2. The first kappa shape index (κ1) is 18.0. The van der Waals surface area contributed by atoms with Crippen LogP contribution in [-0.2, 0) is 10.0 Å². The number of sulfonamides is 1. The number of rotatable bonds is 6. The second kappa shape index (κ2) is 6.98. The number of benzene rings is 1. The average Bonchev–Trinajstić information content (AvgIpc) is 3.42. The van der Waals surface area contributed by atoms with Crippen LogP contribution in [0.3, 0.4) is 0 Å². The van der Waals surface area contributed by atoms with Gasteiger partial charge in [0.05, 0.1) is 23.0 Å². The predicted molar refractivity (Wildman–Crippen MR) is 102 cm³/mol. The molecule has 142 valence electrons. The molecule has 0 spiro atoms. The lowest BCUT2D eigenvalue weighted by Gasteiger charge is -2.05. The minimum Gasteiger partial charge on any atom is -0.478 e. The predicted octanol–water partition coefficient (Wildman–Crippen LogP) is 4.16. The summed E-state index contributed by atoms with van der Waals surface area (Å²) in [7, 11) is -4.04. The fourth-order valence-electron chi connectivity index (χ4n) is 2.49. The summed E-state index contributed by atoms with van der Waals surface area (Å²) >= 11 is 1.08. The number of aromatic carboxylic acids is 1. The lowest BCUT2D eigenvalue weighted by Crippen LogP contribution is -2.13. The number of nitrogens with zero attached hydrogens (tertiary/aromatic N) is 1. The first-order valence-corrected chi connectivity index (χ1v) is 10.2. The summed E-state index contributed by atoms with van der Waals surface area (Å²) in [6, 6.07) is 11.9. The van der Waals surface area contributed by atoms with Crippen LogP contribution in [0.15, 0.2) is 74.8 Å². The zero-order valence-electron chi connectivity index (χ0n) is 14.0. The van der Waals surface area contributed by atoms with Gasteiger partial charge in [-0.05, 0) is 42.5 Å². The van der Waals surface area contributed by atoms with Crippen molar-refractivity contribution in [2.45, 2.75) is 4.90 Å². The van der Waals surface area contributed by atoms with E-state index in [0.717, 1.165) is 17.4 Å². The summed E-state index contributed by atoms with van der Waals surface area (Å²) in [6.07, 6.45) is 2.99. The Morgan fingerprint density at radius 3 is 2.39 bits per heavy atom. The van der Waals surface area contributed by atoms with Crippen LogP contribution in [0.2, 0.25) is 0 Å². The van der Waals surface area contributed by atoms with Crippen LogP contribution >= 0.6 is 11.3 Å². The van der Waals surface area contributed by atoms with E-state index in [4.69, 9.17) is 13.9 Å². The molecule has 10 heteroatoms. The van der Waals surface area contributed by atoms with E-state index < -0.39 is 16.0 Å². The SMILES string of the molecule is O=C(O)c1cccc(S(=O)(=O)Nc2nc(-c3ccco3)c(-c3ccco3)s2)c1. The molecule has 0 saturated heterocycles. The molecule has 2 N–H and O–H groups in total. The normalized spacial score (nSPS) is 11.4. The third-order valence-electron chi connectivity index (χ3n) is 3.74. The van der Waals surface area contributed by atoms with Crippen molar-refractivity contribution in [3.63, 3.8) is 0 Å². The molecule has 0 fully saturated rings. The maximum absolute atomic E-state index is 12.7. The summed E-state index contributed by atoms with van der Waals surface area (Å²) < 4.78 is 38.6. The number of aromatic nitrogens is 1. The van der Waals surface area contributed by atoms with Crippen LogP contribution in [0.1, 0.15) is 10.4 Å². The Morgan fingerprint density at radius 2 is 1.75 bits per heavy atom. The van der Waals surface area contributed by atoms with Crippen molar-refractivity contribution >= 4 is 32.5 Å². The van der Waals surface area contributed by atoms with E-state index >= 15 is 0 Å². The topological polar surface area (TPSA) is 123 Å². The molecule has 0 atom stereocenters.